The predicted octanol–water partition coefficient (Wildman–Crippen LogP) is 3.13. The highest BCUT2D eigenvalue weighted by atomic mass is 35.5. The van der Waals surface area contributed by atoms with Gasteiger partial charge in [-0.05, 0) is 18.2 Å². The van der Waals surface area contributed by atoms with E-state index in [0.717, 1.165) is 12.1 Å². The summed E-state index contributed by atoms with van der Waals surface area (Å²) in [6, 6.07) is 1.56. The minimum Gasteiger partial charge on any atom is -0.480 e. The van der Waals surface area contributed by atoms with Crippen molar-refractivity contribution < 1.29 is 27.9 Å². The molecule has 1 aromatic carbocycles. The molecule has 4 nitrogen and oxygen atoms in total. The maximum Gasteiger partial charge on any atom is 0.391 e. The zero-order valence-corrected chi connectivity index (χ0v) is 11.2. The van der Waals surface area contributed by atoms with Crippen LogP contribution in [-0.4, -0.2) is 29.2 Å². The second-order valence-electron chi connectivity index (χ2n) is 3.84. The van der Waals surface area contributed by atoms with Gasteiger partial charge in [0.25, 0.3) is 5.91 Å². The summed E-state index contributed by atoms with van der Waals surface area (Å²) in [5.74, 6) is -2.80. The van der Waals surface area contributed by atoms with Crippen LogP contribution < -0.4 is 5.32 Å². The number of alkyl halides is 3. The largest absolute Gasteiger partial charge is 0.480 e. The summed E-state index contributed by atoms with van der Waals surface area (Å²) in [5.41, 5.74) is -0.129. The fraction of sp³-hybridized carbons (Fsp3) is 0.273. The van der Waals surface area contributed by atoms with E-state index in [-0.39, 0.29) is 15.6 Å². The van der Waals surface area contributed by atoms with E-state index in [9.17, 15) is 22.8 Å². The molecule has 0 radical (unpaired) electrons. The van der Waals surface area contributed by atoms with Crippen molar-refractivity contribution in [2.45, 2.75) is 18.6 Å². The number of hydrogen-bond acceptors (Lipinski definition) is 2. The molecule has 20 heavy (non-hydrogen) atoms. The summed E-state index contributed by atoms with van der Waals surface area (Å²) in [4.78, 5) is 22.4. The Bertz CT molecular complexity index is 514. The van der Waals surface area contributed by atoms with Crippen LogP contribution in [0.4, 0.5) is 13.2 Å². The van der Waals surface area contributed by atoms with Crippen molar-refractivity contribution in [3.05, 3.63) is 33.8 Å². The van der Waals surface area contributed by atoms with E-state index in [1.807, 2.05) is 0 Å². The van der Waals surface area contributed by atoms with E-state index in [1.54, 1.807) is 5.32 Å². The van der Waals surface area contributed by atoms with Crippen LogP contribution in [0.1, 0.15) is 16.8 Å². The van der Waals surface area contributed by atoms with Gasteiger partial charge >= 0.3 is 12.1 Å². The molecular weight excluding hydrogens is 322 g/mol. The zero-order valence-electron chi connectivity index (χ0n) is 9.67. The third-order valence-corrected chi connectivity index (χ3v) is 2.60. The third kappa shape index (κ3) is 5.26. The molecule has 1 amide bonds. The van der Waals surface area contributed by atoms with Crippen LogP contribution in [0.5, 0.6) is 0 Å². The maximum absolute atomic E-state index is 12.2. The van der Waals surface area contributed by atoms with Crippen molar-refractivity contribution in [1.82, 2.24) is 5.32 Å². The summed E-state index contributed by atoms with van der Waals surface area (Å²) in [5, 5.41) is 10.6. The van der Waals surface area contributed by atoms with Crippen LogP contribution in [0.15, 0.2) is 18.2 Å². The minimum absolute atomic E-state index is 0.102. The van der Waals surface area contributed by atoms with E-state index in [4.69, 9.17) is 28.3 Å². The number of amides is 1. The highest BCUT2D eigenvalue weighted by molar-refractivity contribution is 6.35. The van der Waals surface area contributed by atoms with Gasteiger partial charge in [0.2, 0.25) is 0 Å². The number of carbonyl (C=O) groups excluding carboxylic acids is 1. The molecule has 0 saturated carbocycles. The van der Waals surface area contributed by atoms with Gasteiger partial charge in [0.15, 0.2) is 0 Å². The number of aliphatic carboxylic acids is 1. The summed E-state index contributed by atoms with van der Waals surface area (Å²) < 4.78 is 36.6. The molecule has 0 saturated heterocycles. The van der Waals surface area contributed by atoms with Gasteiger partial charge in [-0.25, -0.2) is 4.79 Å². The van der Waals surface area contributed by atoms with Gasteiger partial charge in [-0.15, -0.1) is 0 Å². The number of nitrogens with one attached hydrogen (secondary N) is 1. The first-order valence-corrected chi connectivity index (χ1v) is 5.90. The quantitative estimate of drug-likeness (QED) is 0.891. The van der Waals surface area contributed by atoms with Gasteiger partial charge in [0, 0.05) is 15.6 Å². The molecule has 0 fully saturated rings. The van der Waals surface area contributed by atoms with E-state index in [0.29, 0.717) is 0 Å². The highest BCUT2D eigenvalue weighted by Crippen LogP contribution is 2.23. The van der Waals surface area contributed by atoms with Gasteiger partial charge in [-0.3, -0.25) is 4.79 Å². The molecule has 0 aliphatic carbocycles. The van der Waals surface area contributed by atoms with E-state index >= 15 is 0 Å². The standard InChI is InChI=1S/C11H8Cl2F3NO3/c12-6-1-5(2-7(13)3-6)9(18)17-8(10(19)20)4-11(14,15)16/h1-3,8H,4H2,(H,17,18)(H,19,20). The molecule has 110 valence electrons. The second-order valence-corrected chi connectivity index (χ2v) is 4.71. The number of benzene rings is 1. The first-order chi connectivity index (χ1) is 9.08. The Morgan fingerprint density at radius 2 is 1.70 bits per heavy atom. The summed E-state index contributed by atoms with van der Waals surface area (Å²) >= 11 is 11.3. The van der Waals surface area contributed by atoms with Crippen LogP contribution in [0.3, 0.4) is 0 Å². The number of hydrogen-bond donors (Lipinski definition) is 2. The number of carboxylic acid groups (broad SMARTS) is 1. The van der Waals surface area contributed by atoms with Crippen LogP contribution in [0, 0.1) is 0 Å². The Hall–Kier alpha value is -1.47. The van der Waals surface area contributed by atoms with Crippen LogP contribution in [-0.2, 0) is 4.79 Å². The first-order valence-electron chi connectivity index (χ1n) is 5.15. The van der Waals surface area contributed by atoms with Gasteiger partial charge < -0.3 is 10.4 Å². The molecule has 1 rings (SSSR count). The van der Waals surface area contributed by atoms with Crippen LogP contribution in [0.25, 0.3) is 0 Å². The Balaban J connectivity index is 2.88. The molecule has 1 unspecified atom stereocenters. The zero-order chi connectivity index (χ0) is 15.5. The Morgan fingerprint density at radius 1 is 1.20 bits per heavy atom. The molecule has 0 heterocycles. The summed E-state index contributed by atoms with van der Waals surface area (Å²) in [7, 11) is 0. The molecule has 1 atom stereocenters. The lowest BCUT2D eigenvalue weighted by Gasteiger charge is -2.16. The average molecular weight is 330 g/mol. The summed E-state index contributed by atoms with van der Waals surface area (Å²) in [6.07, 6.45) is -6.40. The van der Waals surface area contributed by atoms with Crippen molar-refractivity contribution in [2.24, 2.45) is 0 Å². The maximum atomic E-state index is 12.2. The fourth-order valence-corrected chi connectivity index (χ4v) is 1.88. The number of carboxylic acids is 1. The van der Waals surface area contributed by atoms with Crippen molar-refractivity contribution in [2.75, 3.05) is 0 Å². The SMILES string of the molecule is O=C(NC(CC(F)(F)F)C(=O)O)c1cc(Cl)cc(Cl)c1. The van der Waals surface area contributed by atoms with Crippen molar-refractivity contribution in [1.29, 1.82) is 0 Å². The molecule has 0 aliphatic heterocycles. The Kier molecular flexibility index (Phi) is 5.24. The lowest BCUT2D eigenvalue weighted by Crippen LogP contribution is -2.43. The van der Waals surface area contributed by atoms with Gasteiger partial charge in [-0.2, -0.15) is 13.2 Å². The minimum atomic E-state index is -4.72. The van der Waals surface area contributed by atoms with Gasteiger partial charge in [0.1, 0.15) is 6.04 Å². The van der Waals surface area contributed by atoms with Crippen molar-refractivity contribution >= 4 is 35.1 Å². The van der Waals surface area contributed by atoms with Crippen molar-refractivity contribution in [3.8, 4) is 0 Å². The molecule has 0 spiro atoms. The third-order valence-electron chi connectivity index (χ3n) is 2.16. The molecule has 0 aliphatic rings. The Labute approximate surface area is 121 Å². The molecule has 1 aromatic rings. The fourth-order valence-electron chi connectivity index (χ4n) is 1.36. The van der Waals surface area contributed by atoms with Crippen molar-refractivity contribution in [3.63, 3.8) is 0 Å². The molecule has 2 N–H and O–H groups in total. The topological polar surface area (TPSA) is 66.4 Å². The number of carbonyl (C=O) groups is 2. The van der Waals surface area contributed by atoms with E-state index in [1.165, 1.54) is 6.07 Å². The normalized spacial score (nSPS) is 12.8. The smallest absolute Gasteiger partial charge is 0.391 e. The molecule has 0 bridgehead atoms. The second kappa shape index (κ2) is 6.32. The summed E-state index contributed by atoms with van der Waals surface area (Å²) in [6.45, 7) is 0. The molecule has 9 heteroatoms. The number of halogens is 5. The van der Waals surface area contributed by atoms with Crippen LogP contribution >= 0.6 is 23.2 Å². The average Bonchev–Trinajstić information content (AvgIpc) is 2.24. The lowest BCUT2D eigenvalue weighted by atomic mass is 10.1. The van der Waals surface area contributed by atoms with Gasteiger partial charge in [0.05, 0.1) is 6.42 Å². The molecular formula is C11H8Cl2F3NO3. The van der Waals surface area contributed by atoms with E-state index in [2.05, 4.69) is 0 Å². The number of rotatable bonds is 4. The first kappa shape index (κ1) is 16.6. The van der Waals surface area contributed by atoms with Crippen LogP contribution in [0.2, 0.25) is 10.0 Å². The Morgan fingerprint density at radius 3 is 2.10 bits per heavy atom. The lowest BCUT2D eigenvalue weighted by molar-refractivity contribution is -0.157. The van der Waals surface area contributed by atoms with E-state index < -0.39 is 30.5 Å². The predicted molar refractivity (Wildman–Crippen MR) is 66.0 cm³/mol. The molecule has 0 aromatic heterocycles. The monoisotopic (exact) mass is 329 g/mol. The highest BCUT2D eigenvalue weighted by Gasteiger charge is 2.36. The van der Waals surface area contributed by atoms with Gasteiger partial charge in [-0.1, -0.05) is 23.2 Å².